The lowest BCUT2D eigenvalue weighted by Crippen LogP contribution is -2.07. The summed E-state index contributed by atoms with van der Waals surface area (Å²) in [7, 11) is 0. The number of hydrogen-bond donors (Lipinski definition) is 0. The number of hydrogen-bond acceptors (Lipinski definition) is 4. The molecule has 0 unspecified atom stereocenters. The van der Waals surface area contributed by atoms with E-state index < -0.39 is 18.1 Å². The van der Waals surface area contributed by atoms with Crippen molar-refractivity contribution >= 4 is 65.6 Å². The van der Waals surface area contributed by atoms with Gasteiger partial charge >= 0.3 is 0 Å². The summed E-state index contributed by atoms with van der Waals surface area (Å²) in [6.45, 7) is 0. The van der Waals surface area contributed by atoms with Crippen molar-refractivity contribution in [2.24, 2.45) is 0 Å². The fourth-order valence-corrected chi connectivity index (χ4v) is 10.3. The maximum atomic E-state index is 9.02. The highest BCUT2D eigenvalue weighted by Crippen LogP contribution is 2.45. The van der Waals surface area contributed by atoms with Gasteiger partial charge in [0.2, 0.25) is 5.95 Å². The molecule has 0 saturated heterocycles. The van der Waals surface area contributed by atoms with Gasteiger partial charge in [-0.15, -0.1) is 0 Å². The second-order valence-corrected chi connectivity index (χ2v) is 17.1. The molecule has 10 aromatic carbocycles. The van der Waals surface area contributed by atoms with Gasteiger partial charge in [0, 0.05) is 49.0 Å². The molecule has 0 atom stereocenters. The van der Waals surface area contributed by atoms with E-state index in [1.54, 1.807) is 12.1 Å². The molecule has 0 fully saturated rings. The van der Waals surface area contributed by atoms with E-state index in [2.05, 4.69) is 130 Å². The normalized spacial score (nSPS) is 12.8. The molecule has 0 bridgehead atoms. The van der Waals surface area contributed by atoms with E-state index in [4.69, 9.17) is 26.2 Å². The van der Waals surface area contributed by atoms with Gasteiger partial charge in [-0.1, -0.05) is 206 Å². The fourth-order valence-electron chi connectivity index (χ4n) is 10.3. The molecule has 0 saturated carbocycles. The molecule has 6 heteroatoms. The van der Waals surface area contributed by atoms with Gasteiger partial charge in [0.1, 0.15) is 11.2 Å². The predicted octanol–water partition coefficient (Wildman–Crippen LogP) is 16.3. The van der Waals surface area contributed by atoms with Crippen LogP contribution in [0.5, 0.6) is 0 Å². The van der Waals surface area contributed by atoms with E-state index in [1.807, 2.05) is 72.8 Å². The Balaban J connectivity index is 1.11. The molecular formula is C63H39N5O. The average molecular weight is 887 g/mol. The summed E-state index contributed by atoms with van der Waals surface area (Å²) < 4.78 is 54.7. The number of aromatic nitrogens is 5. The lowest BCUT2D eigenvalue weighted by molar-refractivity contribution is 0.669. The molecule has 0 aliphatic carbocycles. The minimum absolute atomic E-state index is 0.0785. The van der Waals surface area contributed by atoms with Crippen LogP contribution >= 0.6 is 0 Å². The standard InChI is InChI=1S/C63H39N5O/c1-5-19-40(20-6-1)44-35-36-45(41-21-7-2-8-22-41)54(39-44)67-52-31-15-13-27-47(52)49-37-38-50-48-28-14-16-32-53(48)68(60(50)59(49)67)63-65-61(43-25-11-4-12-26-43)64-62(66-63)51-30-18-34-56-58(51)57-46(29-17-33-55(57)69-56)42-23-9-3-10-24-42/h1-39H/i3D,9D,10D,23D,24D. The number of rotatable bonds is 7. The third kappa shape index (κ3) is 6.16. The Morgan fingerprint density at radius 1 is 0.362 bits per heavy atom. The molecule has 6 nitrogen and oxygen atoms in total. The van der Waals surface area contributed by atoms with Crippen LogP contribution in [0.15, 0.2) is 241 Å². The van der Waals surface area contributed by atoms with Crippen LogP contribution in [0.4, 0.5) is 0 Å². The van der Waals surface area contributed by atoms with Crippen LogP contribution in [0.1, 0.15) is 6.85 Å². The molecule has 14 rings (SSSR count). The Morgan fingerprint density at radius 2 is 0.913 bits per heavy atom. The average Bonchev–Trinajstić information content (AvgIpc) is 4.13. The van der Waals surface area contributed by atoms with Gasteiger partial charge in [-0.05, 0) is 58.1 Å². The zero-order valence-corrected chi connectivity index (χ0v) is 36.8. The predicted molar refractivity (Wildman–Crippen MR) is 283 cm³/mol. The molecule has 4 heterocycles. The van der Waals surface area contributed by atoms with Gasteiger partial charge in [0.25, 0.3) is 0 Å². The number of para-hydroxylation sites is 2. The summed E-state index contributed by atoms with van der Waals surface area (Å²) >= 11 is 0. The summed E-state index contributed by atoms with van der Waals surface area (Å²) in [5.74, 6) is 1.20. The van der Waals surface area contributed by atoms with Gasteiger partial charge in [0.15, 0.2) is 11.6 Å². The highest BCUT2D eigenvalue weighted by molar-refractivity contribution is 6.24. The van der Waals surface area contributed by atoms with Crippen LogP contribution in [0.25, 0.3) is 133 Å². The summed E-state index contributed by atoms with van der Waals surface area (Å²) in [5, 5.41) is 5.42. The van der Waals surface area contributed by atoms with E-state index in [-0.39, 0.29) is 17.6 Å². The molecule has 0 aliphatic rings. The van der Waals surface area contributed by atoms with Gasteiger partial charge in [0.05, 0.1) is 34.6 Å². The molecule has 0 radical (unpaired) electrons. The lowest BCUT2D eigenvalue weighted by Gasteiger charge is -2.17. The van der Waals surface area contributed by atoms with Crippen LogP contribution in [0, 0.1) is 0 Å². The van der Waals surface area contributed by atoms with Gasteiger partial charge < -0.3 is 8.98 Å². The number of furan rings is 1. The van der Waals surface area contributed by atoms with Crippen molar-refractivity contribution in [2.75, 3.05) is 0 Å². The second-order valence-electron chi connectivity index (χ2n) is 17.1. The topological polar surface area (TPSA) is 61.7 Å². The summed E-state index contributed by atoms with van der Waals surface area (Å²) in [6, 6.07) is 68.2. The molecule has 0 aliphatic heterocycles. The molecule has 69 heavy (non-hydrogen) atoms. The highest BCUT2D eigenvalue weighted by Gasteiger charge is 2.26. The minimum Gasteiger partial charge on any atom is -0.456 e. The summed E-state index contributed by atoms with van der Waals surface area (Å²) in [4.78, 5) is 16.2. The largest absolute Gasteiger partial charge is 0.456 e. The molecular weight excluding hydrogens is 843 g/mol. The Hall–Kier alpha value is -9.39. The Morgan fingerprint density at radius 3 is 1.59 bits per heavy atom. The maximum absolute atomic E-state index is 9.02. The lowest BCUT2D eigenvalue weighted by atomic mass is 9.97. The molecule has 4 aromatic heterocycles. The maximum Gasteiger partial charge on any atom is 0.238 e. The van der Waals surface area contributed by atoms with E-state index in [9.17, 15) is 0 Å². The molecule has 0 amide bonds. The zero-order valence-electron chi connectivity index (χ0n) is 41.8. The van der Waals surface area contributed by atoms with Gasteiger partial charge in [-0.3, -0.25) is 4.57 Å². The van der Waals surface area contributed by atoms with Crippen LogP contribution in [-0.2, 0) is 0 Å². The Labute approximate surface area is 403 Å². The molecule has 14 aromatic rings. The Kier molecular flexibility index (Phi) is 7.69. The fraction of sp³-hybridized carbons (Fsp3) is 0. The van der Waals surface area contributed by atoms with Crippen molar-refractivity contribution in [1.82, 2.24) is 24.1 Å². The first kappa shape index (κ1) is 34.0. The quantitative estimate of drug-likeness (QED) is 0.160. The van der Waals surface area contributed by atoms with Crippen molar-refractivity contribution in [3.05, 3.63) is 236 Å². The number of fused-ring (bicyclic) bond motifs is 10. The van der Waals surface area contributed by atoms with Crippen molar-refractivity contribution < 1.29 is 11.3 Å². The first-order chi connectivity index (χ1) is 36.3. The Bertz CT molecular complexity index is 4580. The van der Waals surface area contributed by atoms with Crippen LogP contribution in [0.3, 0.4) is 0 Å². The molecule has 322 valence electrons. The van der Waals surface area contributed by atoms with E-state index in [1.165, 1.54) is 0 Å². The summed E-state index contributed by atoms with van der Waals surface area (Å²) in [6.07, 6.45) is 0. The monoisotopic (exact) mass is 886 g/mol. The highest BCUT2D eigenvalue weighted by atomic mass is 16.3. The van der Waals surface area contributed by atoms with Crippen molar-refractivity contribution in [1.29, 1.82) is 0 Å². The first-order valence-corrected chi connectivity index (χ1v) is 22.9. The van der Waals surface area contributed by atoms with Crippen molar-refractivity contribution in [2.45, 2.75) is 0 Å². The van der Waals surface area contributed by atoms with Crippen molar-refractivity contribution in [3.63, 3.8) is 0 Å². The van der Waals surface area contributed by atoms with Gasteiger partial charge in [-0.2, -0.15) is 9.97 Å². The number of benzene rings is 10. The minimum atomic E-state index is -0.458. The third-order valence-corrected chi connectivity index (χ3v) is 13.3. The third-order valence-electron chi connectivity index (χ3n) is 13.3. The van der Waals surface area contributed by atoms with Crippen LogP contribution < -0.4 is 0 Å². The smallest absolute Gasteiger partial charge is 0.238 e. The summed E-state index contributed by atoms with van der Waals surface area (Å²) in [5.41, 5.74) is 12.1. The number of nitrogens with zero attached hydrogens (tertiary/aromatic N) is 5. The zero-order chi connectivity index (χ0) is 49.8. The van der Waals surface area contributed by atoms with Crippen LogP contribution in [0.2, 0.25) is 0 Å². The molecule has 0 N–H and O–H groups in total. The van der Waals surface area contributed by atoms with E-state index in [0.29, 0.717) is 50.7 Å². The van der Waals surface area contributed by atoms with E-state index >= 15 is 0 Å². The van der Waals surface area contributed by atoms with Crippen molar-refractivity contribution in [3.8, 4) is 67.8 Å². The SMILES string of the molecule is [2H]c1c([2H])c([2H])c(-c2cccc3oc4cccc(-c5nc(-c6ccccc6)nc(-n6c7ccccc7c7ccc8c9ccccc9n(-c9cc(-c%10ccccc%10)ccc9-c9ccccc9)c8c76)n5)c4c23)c([2H])c1[2H]. The van der Waals surface area contributed by atoms with Gasteiger partial charge in [-0.25, -0.2) is 4.98 Å². The van der Waals surface area contributed by atoms with E-state index in [0.717, 1.165) is 77.1 Å². The first-order valence-electron chi connectivity index (χ1n) is 25.4. The second kappa shape index (κ2) is 15.6. The molecule has 0 spiro atoms. The van der Waals surface area contributed by atoms with Crippen LogP contribution in [-0.4, -0.2) is 24.1 Å².